The third-order valence-electron chi connectivity index (χ3n) is 7.87. The van der Waals surface area contributed by atoms with Gasteiger partial charge in [-0.2, -0.15) is 0 Å². The van der Waals surface area contributed by atoms with Crippen molar-refractivity contribution in [3.05, 3.63) is 147 Å². The maximum absolute atomic E-state index is 13.8. The lowest BCUT2D eigenvalue weighted by Crippen LogP contribution is -2.42. The van der Waals surface area contributed by atoms with Crippen LogP contribution in [0.25, 0.3) is 11.1 Å². The predicted molar refractivity (Wildman–Crippen MR) is 195 cm³/mol. The number of nitrogens with one attached hydrogen (secondary N) is 2. The van der Waals surface area contributed by atoms with Gasteiger partial charge in [0.1, 0.15) is 22.6 Å². The van der Waals surface area contributed by atoms with Crippen LogP contribution in [0.3, 0.4) is 0 Å². The Balaban J connectivity index is 1.39. The summed E-state index contributed by atoms with van der Waals surface area (Å²) in [6.45, 7) is 6.90. The van der Waals surface area contributed by atoms with Crippen LogP contribution in [0.5, 0.6) is 11.5 Å². The van der Waals surface area contributed by atoms with E-state index in [0.29, 0.717) is 18.0 Å². The van der Waals surface area contributed by atoms with E-state index >= 15 is 0 Å². The summed E-state index contributed by atoms with van der Waals surface area (Å²) in [7, 11) is 0. The van der Waals surface area contributed by atoms with Crippen molar-refractivity contribution in [2.45, 2.75) is 45.2 Å². The molecule has 0 bridgehead atoms. The normalized spacial score (nSPS) is 11.9. The molecule has 1 unspecified atom stereocenters. The van der Waals surface area contributed by atoms with Crippen LogP contribution >= 0.6 is 34.8 Å². The molecule has 0 aliphatic rings. The first-order valence-electron chi connectivity index (χ1n) is 15.4. The fraction of sp³-hybridized carbons (Fsp3) is 0.179. The molecule has 0 aromatic heterocycles. The van der Waals surface area contributed by atoms with E-state index in [1.165, 1.54) is 11.6 Å². The molecule has 9 heteroatoms. The first-order chi connectivity index (χ1) is 22.9. The lowest BCUT2D eigenvalue weighted by molar-refractivity contribution is -0.139. The smallest absolute Gasteiger partial charge is 0.326 e. The summed E-state index contributed by atoms with van der Waals surface area (Å²) < 4.78 is 6.00. The molecule has 3 N–H and O–H groups in total. The van der Waals surface area contributed by atoms with E-state index in [9.17, 15) is 14.7 Å². The van der Waals surface area contributed by atoms with Gasteiger partial charge in [0.2, 0.25) is 0 Å². The molecule has 0 aliphatic heterocycles. The summed E-state index contributed by atoms with van der Waals surface area (Å²) in [6, 6.07) is 32.7. The average Bonchev–Trinajstić information content (AvgIpc) is 3.08. The van der Waals surface area contributed by atoms with Crippen LogP contribution in [0.4, 0.5) is 5.69 Å². The van der Waals surface area contributed by atoms with Gasteiger partial charge in [0.05, 0.1) is 15.6 Å². The monoisotopic (exact) mass is 700 g/mol. The number of halogens is 3. The van der Waals surface area contributed by atoms with Gasteiger partial charge in [-0.3, -0.25) is 4.79 Å². The summed E-state index contributed by atoms with van der Waals surface area (Å²) in [4.78, 5) is 26.2. The topological polar surface area (TPSA) is 87.7 Å². The molecule has 0 fully saturated rings. The molecule has 246 valence electrons. The lowest BCUT2D eigenvalue weighted by atomic mass is 9.87. The van der Waals surface area contributed by atoms with E-state index in [1.807, 2.05) is 66.7 Å². The van der Waals surface area contributed by atoms with E-state index in [4.69, 9.17) is 39.5 Å². The van der Waals surface area contributed by atoms with Gasteiger partial charge < -0.3 is 20.5 Å². The minimum absolute atomic E-state index is 0.0227. The maximum Gasteiger partial charge on any atom is 0.326 e. The molecule has 1 atom stereocenters. The Hall–Kier alpha value is -4.49. The zero-order valence-corrected chi connectivity index (χ0v) is 29.0. The van der Waals surface area contributed by atoms with Crippen molar-refractivity contribution in [2.75, 3.05) is 5.32 Å². The van der Waals surface area contributed by atoms with Gasteiger partial charge >= 0.3 is 5.97 Å². The van der Waals surface area contributed by atoms with Crippen LogP contribution in [-0.4, -0.2) is 23.0 Å². The van der Waals surface area contributed by atoms with Crippen molar-refractivity contribution < 1.29 is 19.4 Å². The van der Waals surface area contributed by atoms with E-state index in [-0.39, 0.29) is 38.2 Å². The van der Waals surface area contributed by atoms with Gasteiger partial charge in [-0.25, -0.2) is 4.79 Å². The molecule has 0 spiro atoms. The summed E-state index contributed by atoms with van der Waals surface area (Å²) in [5, 5.41) is 16.7. The number of carbonyl (C=O) groups is 2. The molecule has 0 aliphatic carbocycles. The second kappa shape index (κ2) is 15.2. The van der Waals surface area contributed by atoms with Crippen molar-refractivity contribution in [3.8, 4) is 22.6 Å². The second-order valence-electron chi connectivity index (χ2n) is 12.4. The van der Waals surface area contributed by atoms with Crippen LogP contribution in [-0.2, 0) is 23.2 Å². The minimum atomic E-state index is -1.19. The molecule has 1 amide bonds. The zero-order chi connectivity index (χ0) is 34.4. The summed E-state index contributed by atoms with van der Waals surface area (Å²) >= 11 is 18.7. The third-order valence-corrected chi connectivity index (χ3v) is 9.15. The number of rotatable bonds is 11. The number of hydrogen-bond donors (Lipinski definition) is 3. The zero-order valence-electron chi connectivity index (χ0n) is 26.7. The SMILES string of the molecule is CC(C)(C)c1ccc(CNc2ccc(Oc3ccc(Cl)c(Cl)c3Cl)cc2C(=O)NC(Cc2ccc(-c3ccccc3)cc2)C(=O)O)cc1. The average molecular weight is 702 g/mol. The molecular formula is C39H35Cl3N2O4. The highest BCUT2D eigenvalue weighted by molar-refractivity contribution is 6.48. The number of amides is 1. The van der Waals surface area contributed by atoms with Crippen molar-refractivity contribution in [1.29, 1.82) is 0 Å². The van der Waals surface area contributed by atoms with Crippen LogP contribution < -0.4 is 15.4 Å². The molecule has 5 aromatic carbocycles. The minimum Gasteiger partial charge on any atom is -0.480 e. The maximum atomic E-state index is 13.8. The third kappa shape index (κ3) is 8.70. The Morgan fingerprint density at radius 1 is 0.771 bits per heavy atom. The van der Waals surface area contributed by atoms with E-state index in [2.05, 4.69) is 43.5 Å². The predicted octanol–water partition coefficient (Wildman–Crippen LogP) is 10.4. The molecule has 48 heavy (non-hydrogen) atoms. The fourth-order valence-electron chi connectivity index (χ4n) is 5.10. The molecule has 0 saturated carbocycles. The van der Waals surface area contributed by atoms with Crippen molar-refractivity contribution in [3.63, 3.8) is 0 Å². The van der Waals surface area contributed by atoms with Gasteiger partial charge in [-0.1, -0.05) is 134 Å². The van der Waals surface area contributed by atoms with Crippen molar-refractivity contribution in [1.82, 2.24) is 5.32 Å². The number of hydrogen-bond acceptors (Lipinski definition) is 4. The van der Waals surface area contributed by atoms with Crippen LogP contribution in [0.2, 0.25) is 15.1 Å². The van der Waals surface area contributed by atoms with Crippen LogP contribution in [0.1, 0.15) is 47.8 Å². The highest BCUT2D eigenvalue weighted by Crippen LogP contribution is 2.39. The van der Waals surface area contributed by atoms with Crippen LogP contribution in [0.15, 0.2) is 109 Å². The molecule has 5 aromatic rings. The van der Waals surface area contributed by atoms with Crippen LogP contribution in [0, 0.1) is 0 Å². The largest absolute Gasteiger partial charge is 0.480 e. The number of anilines is 1. The van der Waals surface area contributed by atoms with Gasteiger partial charge in [0.25, 0.3) is 5.91 Å². The highest BCUT2D eigenvalue weighted by atomic mass is 35.5. The molecule has 0 saturated heterocycles. The van der Waals surface area contributed by atoms with Gasteiger partial charge in [-0.15, -0.1) is 0 Å². The van der Waals surface area contributed by atoms with E-state index in [1.54, 1.807) is 24.3 Å². The molecule has 6 nitrogen and oxygen atoms in total. The molecule has 5 rings (SSSR count). The molecule has 0 radical (unpaired) electrons. The van der Waals surface area contributed by atoms with Gasteiger partial charge in [-0.05, 0) is 63.6 Å². The lowest BCUT2D eigenvalue weighted by Gasteiger charge is -2.20. The standard InChI is InChI=1S/C39H35Cl3N2O4/c1-39(2,3)28-15-11-25(12-16-28)23-43-32-19-17-29(48-34-20-18-31(40)35(41)36(34)42)22-30(32)37(45)44-33(38(46)47)21-24-9-13-27(14-10-24)26-7-5-4-6-8-26/h4-20,22,33,43H,21,23H2,1-3H3,(H,44,45)(H,46,47). The Labute approximate surface area is 295 Å². The number of aliphatic carboxylic acids is 1. The van der Waals surface area contributed by atoms with Crippen molar-refractivity contribution in [2.24, 2.45) is 0 Å². The highest BCUT2D eigenvalue weighted by Gasteiger charge is 2.24. The molecular weight excluding hydrogens is 667 g/mol. The Bertz CT molecular complexity index is 1910. The Kier molecular flexibility index (Phi) is 11.0. The second-order valence-corrected chi connectivity index (χ2v) is 13.6. The van der Waals surface area contributed by atoms with Gasteiger partial charge in [0.15, 0.2) is 0 Å². The summed E-state index contributed by atoms with van der Waals surface area (Å²) in [5.41, 5.74) is 5.78. The number of ether oxygens (including phenoxy) is 1. The Morgan fingerprint density at radius 3 is 2.06 bits per heavy atom. The number of carbonyl (C=O) groups excluding carboxylic acids is 1. The van der Waals surface area contributed by atoms with Crippen molar-refractivity contribution >= 4 is 52.4 Å². The number of benzene rings is 5. The van der Waals surface area contributed by atoms with Gasteiger partial charge in [0, 0.05) is 18.7 Å². The first kappa shape index (κ1) is 34.8. The van der Waals surface area contributed by atoms with E-state index in [0.717, 1.165) is 22.3 Å². The fourth-order valence-corrected chi connectivity index (χ4v) is 5.66. The number of carboxylic acids is 1. The number of carboxylic acid groups (broad SMARTS) is 1. The molecule has 0 heterocycles. The summed E-state index contributed by atoms with van der Waals surface area (Å²) in [5.74, 6) is -1.19. The quantitative estimate of drug-likeness (QED) is 0.119. The summed E-state index contributed by atoms with van der Waals surface area (Å²) in [6.07, 6.45) is 0.0914. The first-order valence-corrected chi connectivity index (χ1v) is 16.5. The Morgan fingerprint density at radius 2 is 1.42 bits per heavy atom. The van der Waals surface area contributed by atoms with E-state index < -0.39 is 17.9 Å².